The molecule has 1 amide bonds. The quantitative estimate of drug-likeness (QED) is 0.0199. The average Bonchev–Trinajstić information content (AvgIpc) is 0.782. The normalized spacial score (nSPS) is 25.6. The van der Waals surface area contributed by atoms with Crippen molar-refractivity contribution in [3.05, 3.63) is 134 Å². The van der Waals surface area contributed by atoms with Gasteiger partial charge in [0.1, 0.15) is 73.2 Å². The smallest absolute Gasteiger partial charge is 0.220 e. The van der Waals surface area contributed by atoms with Crippen molar-refractivity contribution in [2.75, 3.05) is 26.4 Å². The molecule has 19 heteroatoms. The molecule has 3 saturated heterocycles. The molecule has 3 fully saturated rings. The fraction of sp³-hybridized carbons (Fsp3) is 0.753. The largest absolute Gasteiger partial charge is 0.394 e. The van der Waals surface area contributed by atoms with E-state index in [0.29, 0.717) is 12.8 Å². The van der Waals surface area contributed by atoms with Gasteiger partial charge in [-0.1, -0.05) is 334 Å². The molecule has 0 radical (unpaired) electrons. The Morgan fingerprint density at radius 3 is 1.00 bits per heavy atom. The Labute approximate surface area is 677 Å². The molecule has 12 N–H and O–H groups in total. The Bertz CT molecular complexity index is 2540. The molecule has 3 aliphatic rings. The zero-order chi connectivity index (χ0) is 81.0. The summed E-state index contributed by atoms with van der Waals surface area (Å²) in [6.45, 7) is 1.62. The van der Waals surface area contributed by atoms with Crippen LogP contribution in [0.5, 0.6) is 0 Å². The molecule has 19 nitrogen and oxygen atoms in total. The Kier molecular flexibility index (Phi) is 64.8. The van der Waals surface area contributed by atoms with Crippen LogP contribution in [0.15, 0.2) is 134 Å². The lowest BCUT2D eigenvalue weighted by atomic mass is 9.96. The fourth-order valence-corrected chi connectivity index (χ4v) is 14.1. The van der Waals surface area contributed by atoms with Crippen LogP contribution in [0.2, 0.25) is 0 Å². The minimum absolute atomic E-state index is 0.218. The van der Waals surface area contributed by atoms with Gasteiger partial charge in [0.15, 0.2) is 18.9 Å². The van der Waals surface area contributed by atoms with Gasteiger partial charge in [0.25, 0.3) is 0 Å². The molecule has 17 atom stereocenters. The van der Waals surface area contributed by atoms with E-state index in [4.69, 9.17) is 28.4 Å². The van der Waals surface area contributed by atoms with Gasteiger partial charge in [-0.05, 0) is 109 Å². The van der Waals surface area contributed by atoms with E-state index in [1.54, 1.807) is 6.08 Å². The first-order valence-corrected chi connectivity index (χ1v) is 44.4. The molecular formula is C93H159NO18. The first-order valence-electron chi connectivity index (χ1n) is 44.4. The molecule has 0 spiro atoms. The molecule has 3 heterocycles. The Morgan fingerprint density at radius 2 is 0.625 bits per heavy atom. The zero-order valence-electron chi connectivity index (χ0n) is 69.4. The number of allylic oxidation sites excluding steroid dienone is 21. The van der Waals surface area contributed by atoms with Gasteiger partial charge >= 0.3 is 0 Å². The van der Waals surface area contributed by atoms with Crippen LogP contribution in [0.25, 0.3) is 0 Å². The van der Waals surface area contributed by atoms with Crippen molar-refractivity contribution < 1.29 is 89.4 Å². The topological polar surface area (TPSA) is 307 Å². The highest BCUT2D eigenvalue weighted by molar-refractivity contribution is 5.76. The maximum atomic E-state index is 13.5. The van der Waals surface area contributed by atoms with Crippen LogP contribution >= 0.6 is 0 Å². The molecule has 3 rings (SSSR count). The van der Waals surface area contributed by atoms with Gasteiger partial charge in [0.2, 0.25) is 5.91 Å². The Morgan fingerprint density at radius 1 is 0.330 bits per heavy atom. The van der Waals surface area contributed by atoms with Crippen LogP contribution in [-0.2, 0) is 33.2 Å². The van der Waals surface area contributed by atoms with E-state index in [-0.39, 0.29) is 18.9 Å². The number of hydrogen-bond donors (Lipinski definition) is 12. The van der Waals surface area contributed by atoms with Crippen LogP contribution in [0, 0.1) is 0 Å². The average molecular weight is 1580 g/mol. The summed E-state index contributed by atoms with van der Waals surface area (Å²) < 4.78 is 34.5. The number of rotatable bonds is 70. The molecule has 0 aromatic rings. The third kappa shape index (κ3) is 49.2. The van der Waals surface area contributed by atoms with Crippen molar-refractivity contribution in [3.63, 3.8) is 0 Å². The highest BCUT2D eigenvalue weighted by atomic mass is 16.8. The summed E-state index contributed by atoms with van der Waals surface area (Å²) in [7, 11) is 0. The highest BCUT2D eigenvalue weighted by Crippen LogP contribution is 2.33. The maximum absolute atomic E-state index is 13.5. The van der Waals surface area contributed by atoms with Crippen LogP contribution < -0.4 is 5.32 Å². The van der Waals surface area contributed by atoms with Gasteiger partial charge in [0.05, 0.1) is 38.6 Å². The summed E-state index contributed by atoms with van der Waals surface area (Å²) in [5.74, 6) is -0.297. The van der Waals surface area contributed by atoms with Crippen LogP contribution in [0.1, 0.15) is 316 Å². The molecule has 0 bridgehead atoms. The van der Waals surface area contributed by atoms with Crippen molar-refractivity contribution in [1.82, 2.24) is 5.32 Å². The second-order valence-corrected chi connectivity index (χ2v) is 31.0. The number of nitrogens with one attached hydrogen (secondary N) is 1. The Balaban J connectivity index is 1.36. The zero-order valence-corrected chi connectivity index (χ0v) is 69.4. The number of aliphatic hydroxyl groups is 11. The van der Waals surface area contributed by atoms with Gasteiger partial charge in [-0.15, -0.1) is 0 Å². The maximum Gasteiger partial charge on any atom is 0.220 e. The molecule has 0 aromatic heterocycles. The van der Waals surface area contributed by atoms with Gasteiger partial charge in [-0.3, -0.25) is 4.79 Å². The van der Waals surface area contributed by atoms with Gasteiger partial charge in [0, 0.05) is 6.42 Å². The fourth-order valence-electron chi connectivity index (χ4n) is 14.1. The number of aliphatic hydroxyl groups excluding tert-OH is 11. The van der Waals surface area contributed by atoms with Crippen LogP contribution in [0.3, 0.4) is 0 Å². The summed E-state index contributed by atoms with van der Waals surface area (Å²) in [5, 5.41) is 121. The van der Waals surface area contributed by atoms with E-state index in [9.17, 15) is 61.0 Å². The summed E-state index contributed by atoms with van der Waals surface area (Å²) in [5.41, 5.74) is 0. The number of amides is 1. The Hall–Kier alpha value is -4.07. The summed E-state index contributed by atoms with van der Waals surface area (Å²) in [6, 6.07) is -1.01. The number of carbonyl (C=O) groups excluding carboxylic acids is 1. The second kappa shape index (κ2) is 71.1. The summed E-state index contributed by atoms with van der Waals surface area (Å²) in [6.07, 6.45) is 75.9. The van der Waals surface area contributed by atoms with Crippen molar-refractivity contribution in [2.45, 2.75) is 420 Å². The van der Waals surface area contributed by atoms with E-state index >= 15 is 0 Å². The third-order valence-corrected chi connectivity index (χ3v) is 21.2. The van der Waals surface area contributed by atoms with E-state index in [1.165, 1.54) is 173 Å². The van der Waals surface area contributed by atoms with Gasteiger partial charge in [-0.25, -0.2) is 0 Å². The standard InChI is InChI=1S/C93H159NO18/c1-3-5-7-9-11-13-15-17-19-21-23-25-27-29-31-33-35-37-38-39-41-43-45-47-49-51-53-55-57-59-61-63-65-67-69-71-81(99)94-76(77(98)70-68-66-64-62-60-58-56-54-52-50-48-46-44-42-40-36-34-32-30-28-26-24-22-20-18-16-14-12-10-8-6-4-2)75-107-91-87(105)84(102)89(79(73-96)109-91)112-93-88(106)85(103)90(80(74-97)110-93)111-92-86(104)83(101)82(100)78(72-95)108-92/h5,7,11,13,17,19,23,25,29,31,35,37,39,41,45,47,52,54,60,62,68,70,76-80,82-93,95-98,100-106H,3-4,6,8-10,12,14-16,18,20-22,24,26-28,30,32-34,36,38,40,42-44,46,48-51,53,55-59,61,63-67,69,71-75H2,1-2H3,(H,94,99)/b7-5-,13-11-,19-17-,25-23-,31-29-,37-35-,41-39-,47-45-,54-52+,62-60+,70-68+. The van der Waals surface area contributed by atoms with Crippen molar-refractivity contribution >= 4 is 5.91 Å². The van der Waals surface area contributed by atoms with Gasteiger partial charge in [-0.2, -0.15) is 0 Å². The van der Waals surface area contributed by atoms with E-state index in [2.05, 4.69) is 141 Å². The second-order valence-electron chi connectivity index (χ2n) is 31.0. The van der Waals surface area contributed by atoms with Crippen molar-refractivity contribution in [2.24, 2.45) is 0 Å². The molecule has 0 aromatic carbocycles. The predicted molar refractivity (Wildman–Crippen MR) is 452 cm³/mol. The number of unbranched alkanes of at least 4 members (excludes halogenated alkanes) is 34. The first-order chi connectivity index (χ1) is 54.8. The van der Waals surface area contributed by atoms with E-state index in [0.717, 1.165) is 109 Å². The van der Waals surface area contributed by atoms with E-state index < -0.39 is 124 Å². The van der Waals surface area contributed by atoms with Crippen LogP contribution in [0.4, 0.5) is 0 Å². The molecular weight excluding hydrogens is 1420 g/mol. The molecule has 3 aliphatic heterocycles. The third-order valence-electron chi connectivity index (χ3n) is 21.2. The monoisotopic (exact) mass is 1580 g/mol. The minimum Gasteiger partial charge on any atom is -0.394 e. The molecule has 112 heavy (non-hydrogen) atoms. The molecule has 0 aliphatic carbocycles. The number of hydrogen-bond acceptors (Lipinski definition) is 18. The lowest BCUT2D eigenvalue weighted by molar-refractivity contribution is -0.379. The van der Waals surface area contributed by atoms with Crippen molar-refractivity contribution in [3.8, 4) is 0 Å². The molecule has 0 saturated carbocycles. The molecule has 644 valence electrons. The molecule has 17 unspecified atom stereocenters. The van der Waals surface area contributed by atoms with Crippen molar-refractivity contribution in [1.29, 1.82) is 0 Å². The number of carbonyl (C=O) groups is 1. The summed E-state index contributed by atoms with van der Waals surface area (Å²) in [4.78, 5) is 13.5. The first kappa shape index (κ1) is 102. The highest BCUT2D eigenvalue weighted by Gasteiger charge is 2.54. The lowest BCUT2D eigenvalue weighted by Gasteiger charge is -2.48. The minimum atomic E-state index is -1.99. The SMILES string of the molecule is CC/C=C\C/C=C\C/C=C\C/C=C\C/C=C\C/C=C\C/C=C\C/C=C\CCCCCCCCCCCCC(=O)NC(COC1OC(CO)C(OC2OC(CO)C(OC3OC(CO)C(O)C(O)C3O)C(O)C2O)C(O)C1O)C(O)/C=C/CC/C=C/CC/C=C/CCCCCCCCCCCCCCCCCCCCCCCC. The lowest BCUT2D eigenvalue weighted by Crippen LogP contribution is -2.66. The predicted octanol–water partition coefficient (Wildman–Crippen LogP) is 16.8. The summed E-state index contributed by atoms with van der Waals surface area (Å²) >= 11 is 0. The number of ether oxygens (including phenoxy) is 6. The van der Waals surface area contributed by atoms with Gasteiger partial charge < -0.3 is 89.9 Å². The van der Waals surface area contributed by atoms with E-state index in [1.807, 2.05) is 6.08 Å². The van der Waals surface area contributed by atoms with Crippen LogP contribution in [-0.4, -0.2) is 193 Å².